The first-order chi connectivity index (χ1) is 39.6. The van der Waals surface area contributed by atoms with Gasteiger partial charge in [0.05, 0.1) is 63.0 Å². The van der Waals surface area contributed by atoms with Crippen molar-refractivity contribution >= 4 is 59.1 Å². The largest absolute Gasteiger partial charge is 0.508 e. The van der Waals surface area contributed by atoms with Gasteiger partial charge in [-0.05, 0) is 54.2 Å². The lowest BCUT2D eigenvalue weighted by atomic mass is 9.99. The van der Waals surface area contributed by atoms with E-state index in [4.69, 9.17) is 4.74 Å². The lowest BCUT2D eigenvalue weighted by molar-refractivity contribution is -0.156. The van der Waals surface area contributed by atoms with Crippen LogP contribution in [0.5, 0.6) is 5.75 Å². The van der Waals surface area contributed by atoms with Gasteiger partial charge in [-0.3, -0.25) is 43.2 Å². The van der Waals surface area contributed by atoms with Crippen LogP contribution in [0.25, 0.3) is 0 Å². The summed E-state index contributed by atoms with van der Waals surface area (Å²) in [6, 6.07) is -5.72. The average Bonchev–Trinajstić information content (AvgIpc) is 3.57. The van der Waals surface area contributed by atoms with E-state index in [1.165, 1.54) is 30.2 Å². The van der Waals surface area contributed by atoms with Gasteiger partial charge < -0.3 is 82.8 Å². The number of carbonyl (C=O) groups is 10. The van der Waals surface area contributed by atoms with E-state index in [1.807, 2.05) is 6.08 Å². The van der Waals surface area contributed by atoms with Crippen molar-refractivity contribution in [3.05, 3.63) is 54.1 Å². The third kappa shape index (κ3) is 25.1. The molecule has 14 N–H and O–H groups in total. The van der Waals surface area contributed by atoms with Crippen LogP contribution in [0.3, 0.4) is 0 Å². The predicted molar refractivity (Wildman–Crippen MR) is 308 cm³/mol. The quantitative estimate of drug-likeness (QED) is 0.0223. The fourth-order valence-electron chi connectivity index (χ4n) is 8.72. The van der Waals surface area contributed by atoms with Crippen LogP contribution in [0.1, 0.15) is 119 Å². The number of phenolic OH excluding ortho intramolecular Hbond substituents is 1. The van der Waals surface area contributed by atoms with Crippen LogP contribution < -0.4 is 42.5 Å². The Bertz CT molecular complexity index is 2380. The van der Waals surface area contributed by atoms with E-state index < -0.39 is 189 Å². The molecule has 1 heterocycles. The first kappa shape index (κ1) is 73.1. The van der Waals surface area contributed by atoms with Crippen molar-refractivity contribution in [3.63, 3.8) is 0 Å². The van der Waals surface area contributed by atoms with Crippen molar-refractivity contribution in [2.24, 2.45) is 23.7 Å². The minimum atomic E-state index is -1.76. The molecule has 11 atom stereocenters. The Hall–Kier alpha value is -7.00. The fraction of sp³-hybridized carbons (Fsp3) is 0.655. The normalized spacial score (nSPS) is 18.9. The molecule has 26 heteroatoms. The van der Waals surface area contributed by atoms with E-state index in [1.54, 1.807) is 73.6 Å². The predicted octanol–water partition coefficient (Wildman–Crippen LogP) is -1.23. The maximum absolute atomic E-state index is 13.9. The summed E-state index contributed by atoms with van der Waals surface area (Å²) in [7, 11) is 1.40. The van der Waals surface area contributed by atoms with Gasteiger partial charge in [-0.2, -0.15) is 0 Å². The maximum Gasteiger partial charge on any atom is 0.329 e. The van der Waals surface area contributed by atoms with Gasteiger partial charge >= 0.3 is 5.97 Å². The zero-order chi connectivity index (χ0) is 63.4. The number of benzene rings is 1. The number of ether oxygens (including phenoxy) is 1. The number of aliphatic hydroxyl groups excluding tert-OH is 5. The van der Waals surface area contributed by atoms with Crippen LogP contribution in [0, 0.1) is 23.7 Å². The first-order valence-electron chi connectivity index (χ1n) is 28.7. The van der Waals surface area contributed by atoms with Crippen molar-refractivity contribution in [1.82, 2.24) is 47.4 Å². The van der Waals surface area contributed by atoms with Gasteiger partial charge in [-0.25, -0.2) is 4.79 Å². The van der Waals surface area contributed by atoms with E-state index in [-0.39, 0.29) is 18.6 Å². The molecule has 1 aromatic carbocycles. The number of esters is 1. The summed E-state index contributed by atoms with van der Waals surface area (Å²) in [6.07, 6.45) is 5.81. The highest BCUT2D eigenvalue weighted by molar-refractivity contribution is 5.95. The molecule has 1 aliphatic heterocycles. The molecule has 0 spiro atoms. The molecule has 0 aliphatic carbocycles. The number of hydrogen-bond donors (Lipinski definition) is 14. The number of aromatic hydroxyl groups is 1. The smallest absolute Gasteiger partial charge is 0.329 e. The average molecular weight is 1190 g/mol. The minimum absolute atomic E-state index is 0.0157. The molecule has 0 saturated carbocycles. The second-order valence-electron chi connectivity index (χ2n) is 22.4. The number of rotatable bonds is 33. The number of allylic oxidation sites excluding steroid dienone is 1. The number of phenols is 1. The standard InChI is InChI=1S/C58H93N9O17/c1-11-12-13-14-15-16-17-18-45(74)60-41(30-70)53(78)66-51(34(6)7)56(81)62-40(29-69)44(73)27-48(77)65-50(33(4)5)55(80)61-39(28-68)43(72)26-47(76)64-49(32(2)3)54(79)59-37-21-24-46(75)63-52(35(8)9)57(82)67(10)42(58(83)84-31-37)25-36-19-22-38(71)23-20-36/h16-17,19-24,32-35,37,39-44,49-52,68-73H,11-15,18,25-31H2,1-10H3,(H,59,79)(H,60,74)(H,61,80)(H,62,81)(H,63,75)(H,64,76)(H,65,77)(H,66,78)/b17-16-,24-21?/t37-,39+,40+,41+,42+,43+,44+,49+,50+,51+,52+/m1/s1. The summed E-state index contributed by atoms with van der Waals surface area (Å²) in [6.45, 7) is 12.0. The van der Waals surface area contributed by atoms with Gasteiger partial charge in [0, 0.05) is 26.0 Å². The van der Waals surface area contributed by atoms with Gasteiger partial charge in [0.1, 0.15) is 48.6 Å². The Morgan fingerprint density at radius 3 is 1.68 bits per heavy atom. The van der Waals surface area contributed by atoms with Gasteiger partial charge in [-0.1, -0.05) is 112 Å². The molecule has 0 aromatic heterocycles. The number of cyclic esters (lactones) is 1. The van der Waals surface area contributed by atoms with E-state index in [0.717, 1.165) is 38.2 Å². The van der Waals surface area contributed by atoms with Crippen molar-refractivity contribution in [3.8, 4) is 5.75 Å². The monoisotopic (exact) mass is 1190 g/mol. The lowest BCUT2D eigenvalue weighted by Gasteiger charge is -2.32. The molecule has 84 heavy (non-hydrogen) atoms. The second kappa shape index (κ2) is 37.3. The lowest BCUT2D eigenvalue weighted by Crippen LogP contribution is -2.59. The molecule has 9 amide bonds. The Morgan fingerprint density at radius 2 is 1.19 bits per heavy atom. The molecule has 0 fully saturated rings. The van der Waals surface area contributed by atoms with Crippen molar-refractivity contribution in [2.75, 3.05) is 33.5 Å². The summed E-state index contributed by atoms with van der Waals surface area (Å²) in [4.78, 5) is 135. The highest BCUT2D eigenvalue weighted by Gasteiger charge is 2.38. The van der Waals surface area contributed by atoms with E-state index >= 15 is 0 Å². The third-order valence-electron chi connectivity index (χ3n) is 14.0. The molecule has 26 nitrogen and oxygen atoms in total. The molecule has 472 valence electrons. The van der Waals surface area contributed by atoms with Crippen LogP contribution in [0.15, 0.2) is 48.6 Å². The Morgan fingerprint density at radius 1 is 0.667 bits per heavy atom. The first-order valence-corrected chi connectivity index (χ1v) is 28.7. The number of nitrogens with zero attached hydrogens (tertiary/aromatic N) is 1. The SMILES string of the molecule is CCCCCC/C=C\CC(=O)N[C@@H](CO)C(=O)N[C@H](C(=O)N[C@@H](CO)[C@@H](O)CC(=O)N[C@H](C(=O)N[C@@H](CO)[C@@H](O)CC(=O)N[C@H](C(=O)N[C@@H]1C=CC(=O)N[C@@H](C(C)C)C(=O)N(C)[C@@H](Cc2ccc(O)cc2)C(=O)OC1)C(C)C)C(C)C)C(C)C. The summed E-state index contributed by atoms with van der Waals surface area (Å²) >= 11 is 0. The number of unbranched alkanes of at least 4 members (excludes halogenated alkanes) is 4. The topological polar surface area (TPSA) is 401 Å². The number of likely N-dealkylation sites (N-methyl/N-ethyl adjacent to an activating group) is 1. The zero-order valence-corrected chi connectivity index (χ0v) is 50.1. The molecule has 0 saturated heterocycles. The Kier molecular flexibility index (Phi) is 32.5. The number of carbonyl (C=O) groups excluding carboxylic acids is 10. The zero-order valence-electron chi connectivity index (χ0n) is 50.1. The summed E-state index contributed by atoms with van der Waals surface area (Å²) in [5.41, 5.74) is 0.581. The number of nitrogens with one attached hydrogen (secondary N) is 8. The van der Waals surface area contributed by atoms with Gasteiger partial charge in [0.25, 0.3) is 0 Å². The fourth-order valence-corrected chi connectivity index (χ4v) is 8.72. The van der Waals surface area contributed by atoms with Crippen LogP contribution in [0.2, 0.25) is 0 Å². The number of hydrogen-bond acceptors (Lipinski definition) is 17. The third-order valence-corrected chi connectivity index (χ3v) is 14.0. The van der Waals surface area contributed by atoms with E-state index in [0.29, 0.717) is 5.56 Å². The van der Waals surface area contributed by atoms with Crippen molar-refractivity contribution in [2.45, 2.75) is 187 Å². The summed E-state index contributed by atoms with van der Waals surface area (Å²) in [5, 5.41) is 82.3. The van der Waals surface area contributed by atoms with E-state index in [2.05, 4.69) is 49.5 Å². The number of amides is 9. The number of aliphatic hydroxyl groups is 5. The Balaban J connectivity index is 2.11. The van der Waals surface area contributed by atoms with Crippen LogP contribution >= 0.6 is 0 Å². The molecule has 0 bridgehead atoms. The summed E-state index contributed by atoms with van der Waals surface area (Å²) in [5.74, 6) is -10.1. The van der Waals surface area contributed by atoms with Crippen LogP contribution in [-0.4, -0.2) is 195 Å². The van der Waals surface area contributed by atoms with Gasteiger partial charge in [0.15, 0.2) is 0 Å². The Labute approximate surface area is 492 Å². The van der Waals surface area contributed by atoms with Gasteiger partial charge in [-0.15, -0.1) is 0 Å². The van der Waals surface area contributed by atoms with Crippen molar-refractivity contribution < 1.29 is 83.3 Å². The van der Waals surface area contributed by atoms with Crippen molar-refractivity contribution in [1.29, 1.82) is 0 Å². The molecule has 0 unspecified atom stereocenters. The van der Waals surface area contributed by atoms with Crippen LogP contribution in [0.4, 0.5) is 0 Å². The van der Waals surface area contributed by atoms with E-state index in [9.17, 15) is 78.6 Å². The highest BCUT2D eigenvalue weighted by Crippen LogP contribution is 2.18. The van der Waals surface area contributed by atoms with Crippen LogP contribution in [-0.2, 0) is 59.1 Å². The highest BCUT2D eigenvalue weighted by atomic mass is 16.5. The van der Waals surface area contributed by atoms with Gasteiger partial charge in [0.2, 0.25) is 53.2 Å². The second-order valence-corrected chi connectivity index (χ2v) is 22.4. The molecule has 0 radical (unpaired) electrons. The molecule has 2 rings (SSSR count). The molecular weight excluding hydrogens is 1090 g/mol. The minimum Gasteiger partial charge on any atom is -0.508 e. The maximum atomic E-state index is 13.9. The molecule has 1 aliphatic rings. The summed E-state index contributed by atoms with van der Waals surface area (Å²) < 4.78 is 5.64. The molecule has 1 aromatic rings. The molecular formula is C58H93N9O17.